The van der Waals surface area contributed by atoms with Crippen LogP contribution >= 0.6 is 11.8 Å². The Kier molecular flexibility index (Phi) is 2.54. The van der Waals surface area contributed by atoms with Gasteiger partial charge in [-0.25, -0.2) is 4.39 Å². The molecule has 1 fully saturated rings. The summed E-state index contributed by atoms with van der Waals surface area (Å²) in [6.07, 6.45) is 5.00. The van der Waals surface area contributed by atoms with Crippen molar-refractivity contribution in [2.75, 3.05) is 6.26 Å². The third-order valence-electron chi connectivity index (χ3n) is 2.95. The molecule has 0 bridgehead atoms. The Morgan fingerprint density at radius 2 is 2.14 bits per heavy atom. The largest absolute Gasteiger partial charge is 0.321 e. The van der Waals surface area contributed by atoms with Gasteiger partial charge in [-0.15, -0.1) is 11.8 Å². The van der Waals surface area contributed by atoms with Crippen molar-refractivity contribution in [3.05, 3.63) is 29.6 Å². The van der Waals surface area contributed by atoms with Gasteiger partial charge in [-0.05, 0) is 37.1 Å². The van der Waals surface area contributed by atoms with Crippen LogP contribution in [0.1, 0.15) is 24.8 Å². The van der Waals surface area contributed by atoms with Crippen molar-refractivity contribution in [2.45, 2.75) is 29.7 Å². The molecule has 2 rings (SSSR count). The lowest BCUT2D eigenvalue weighted by molar-refractivity contribution is 0.247. The fraction of sp³-hybridized carbons (Fsp3) is 0.455. The molecule has 1 aliphatic rings. The summed E-state index contributed by atoms with van der Waals surface area (Å²) in [6, 6.07) is 5.20. The Morgan fingerprint density at radius 3 is 2.64 bits per heavy atom. The molecule has 3 heteroatoms. The van der Waals surface area contributed by atoms with Gasteiger partial charge in [0.25, 0.3) is 0 Å². The van der Waals surface area contributed by atoms with Crippen LogP contribution in [-0.4, -0.2) is 6.26 Å². The molecule has 1 aliphatic carbocycles. The van der Waals surface area contributed by atoms with Crippen LogP contribution < -0.4 is 5.73 Å². The van der Waals surface area contributed by atoms with Crippen molar-refractivity contribution < 1.29 is 4.39 Å². The molecule has 1 aromatic rings. The second-order valence-corrected chi connectivity index (χ2v) is 4.65. The molecule has 14 heavy (non-hydrogen) atoms. The van der Waals surface area contributed by atoms with Crippen molar-refractivity contribution in [1.29, 1.82) is 0 Å². The van der Waals surface area contributed by atoms with Gasteiger partial charge in [0.05, 0.1) is 0 Å². The molecule has 1 saturated carbocycles. The van der Waals surface area contributed by atoms with E-state index in [4.69, 9.17) is 5.73 Å². The molecular formula is C11H14FNS. The molecule has 0 aromatic heterocycles. The highest BCUT2D eigenvalue weighted by atomic mass is 32.2. The maximum absolute atomic E-state index is 13.5. The first-order chi connectivity index (χ1) is 6.67. The predicted octanol–water partition coefficient (Wildman–Crippen LogP) is 2.89. The highest BCUT2D eigenvalue weighted by Crippen LogP contribution is 2.42. The van der Waals surface area contributed by atoms with Crippen LogP contribution in [0.4, 0.5) is 4.39 Å². The molecule has 0 atom stereocenters. The van der Waals surface area contributed by atoms with E-state index in [2.05, 4.69) is 0 Å². The maximum Gasteiger partial charge on any atom is 0.137 e. The maximum atomic E-state index is 13.5. The SMILES string of the molecule is CSc1c(F)cccc1C1(N)CCC1. The molecular weight excluding hydrogens is 197 g/mol. The van der Waals surface area contributed by atoms with E-state index in [0.717, 1.165) is 29.7 Å². The van der Waals surface area contributed by atoms with Crippen LogP contribution in [0.3, 0.4) is 0 Å². The zero-order valence-electron chi connectivity index (χ0n) is 8.22. The van der Waals surface area contributed by atoms with Crippen molar-refractivity contribution >= 4 is 11.8 Å². The van der Waals surface area contributed by atoms with E-state index < -0.39 is 0 Å². The van der Waals surface area contributed by atoms with Gasteiger partial charge in [0, 0.05) is 10.4 Å². The fourth-order valence-corrected chi connectivity index (χ4v) is 2.69. The number of rotatable bonds is 2. The summed E-state index contributed by atoms with van der Waals surface area (Å²) < 4.78 is 13.5. The lowest BCUT2D eigenvalue weighted by Gasteiger charge is -2.39. The van der Waals surface area contributed by atoms with Gasteiger partial charge in [-0.3, -0.25) is 0 Å². The topological polar surface area (TPSA) is 26.0 Å². The third-order valence-corrected chi connectivity index (χ3v) is 3.78. The van der Waals surface area contributed by atoms with Crippen LogP contribution in [-0.2, 0) is 5.54 Å². The Morgan fingerprint density at radius 1 is 1.43 bits per heavy atom. The minimum absolute atomic E-state index is 0.147. The summed E-state index contributed by atoms with van der Waals surface area (Å²) in [4.78, 5) is 0.717. The van der Waals surface area contributed by atoms with E-state index in [1.807, 2.05) is 12.3 Å². The minimum atomic E-state index is -0.263. The quantitative estimate of drug-likeness (QED) is 0.761. The predicted molar refractivity (Wildman–Crippen MR) is 57.9 cm³/mol. The first-order valence-corrected chi connectivity index (χ1v) is 6.02. The van der Waals surface area contributed by atoms with Crippen molar-refractivity contribution in [1.82, 2.24) is 0 Å². The van der Waals surface area contributed by atoms with Crippen LogP contribution in [0.2, 0.25) is 0 Å². The van der Waals surface area contributed by atoms with E-state index in [9.17, 15) is 4.39 Å². The zero-order valence-corrected chi connectivity index (χ0v) is 9.03. The molecule has 0 heterocycles. The Bertz CT molecular complexity index is 347. The van der Waals surface area contributed by atoms with Gasteiger partial charge in [-0.1, -0.05) is 12.1 Å². The summed E-state index contributed by atoms with van der Waals surface area (Å²) in [5.41, 5.74) is 6.91. The third kappa shape index (κ3) is 1.44. The number of benzene rings is 1. The van der Waals surface area contributed by atoms with E-state index in [-0.39, 0.29) is 11.4 Å². The van der Waals surface area contributed by atoms with E-state index in [1.165, 1.54) is 17.8 Å². The van der Waals surface area contributed by atoms with Crippen LogP contribution in [0.15, 0.2) is 23.1 Å². The smallest absolute Gasteiger partial charge is 0.137 e. The fourth-order valence-electron chi connectivity index (χ4n) is 1.94. The molecule has 0 unspecified atom stereocenters. The lowest BCUT2D eigenvalue weighted by Crippen LogP contribution is -2.43. The molecule has 0 amide bonds. The molecule has 0 radical (unpaired) electrons. The number of thioether (sulfide) groups is 1. The Balaban J connectivity index is 2.46. The molecule has 2 N–H and O–H groups in total. The molecule has 1 nitrogen and oxygen atoms in total. The number of halogens is 1. The summed E-state index contributed by atoms with van der Waals surface area (Å²) in [7, 11) is 0. The molecule has 0 saturated heterocycles. The second-order valence-electron chi connectivity index (χ2n) is 3.83. The summed E-state index contributed by atoms with van der Waals surface area (Å²) in [5, 5.41) is 0. The van der Waals surface area contributed by atoms with E-state index in [0.29, 0.717) is 0 Å². The summed E-state index contributed by atoms with van der Waals surface area (Å²) >= 11 is 1.44. The number of hydrogen-bond donors (Lipinski definition) is 1. The lowest BCUT2D eigenvalue weighted by atomic mass is 9.73. The second kappa shape index (κ2) is 3.55. The zero-order chi connectivity index (χ0) is 10.2. The van der Waals surface area contributed by atoms with Gasteiger partial charge in [0.15, 0.2) is 0 Å². The summed E-state index contributed by atoms with van der Waals surface area (Å²) in [5.74, 6) is -0.147. The number of nitrogens with two attached hydrogens (primary N) is 1. The molecule has 0 aliphatic heterocycles. The van der Waals surface area contributed by atoms with Gasteiger partial charge in [0.2, 0.25) is 0 Å². The van der Waals surface area contributed by atoms with Gasteiger partial charge in [0.1, 0.15) is 5.82 Å². The first-order valence-electron chi connectivity index (χ1n) is 4.79. The average Bonchev–Trinajstić information content (AvgIpc) is 2.14. The number of hydrogen-bond acceptors (Lipinski definition) is 2. The van der Waals surface area contributed by atoms with Crippen LogP contribution in [0.25, 0.3) is 0 Å². The van der Waals surface area contributed by atoms with E-state index in [1.54, 1.807) is 6.07 Å². The van der Waals surface area contributed by atoms with Crippen molar-refractivity contribution in [2.24, 2.45) is 5.73 Å². The normalized spacial score (nSPS) is 19.1. The molecule has 0 spiro atoms. The van der Waals surface area contributed by atoms with Crippen LogP contribution in [0.5, 0.6) is 0 Å². The molecule has 1 aromatic carbocycles. The highest BCUT2D eigenvalue weighted by Gasteiger charge is 2.36. The molecule has 76 valence electrons. The minimum Gasteiger partial charge on any atom is -0.321 e. The van der Waals surface area contributed by atoms with Crippen LogP contribution in [0, 0.1) is 5.82 Å². The standard InChI is InChI=1S/C11H14FNS/c1-14-10-8(4-2-5-9(10)12)11(13)6-3-7-11/h2,4-5H,3,6-7,13H2,1H3. The van der Waals surface area contributed by atoms with Gasteiger partial charge < -0.3 is 5.73 Å². The first kappa shape index (κ1) is 9.99. The monoisotopic (exact) mass is 211 g/mol. The van der Waals surface area contributed by atoms with Gasteiger partial charge in [-0.2, -0.15) is 0 Å². The Labute approximate surface area is 87.9 Å². The average molecular weight is 211 g/mol. The van der Waals surface area contributed by atoms with Crippen molar-refractivity contribution in [3.63, 3.8) is 0 Å². The van der Waals surface area contributed by atoms with Gasteiger partial charge >= 0.3 is 0 Å². The van der Waals surface area contributed by atoms with Crippen molar-refractivity contribution in [3.8, 4) is 0 Å². The summed E-state index contributed by atoms with van der Waals surface area (Å²) in [6.45, 7) is 0. The highest BCUT2D eigenvalue weighted by molar-refractivity contribution is 7.98. The van der Waals surface area contributed by atoms with E-state index >= 15 is 0 Å². The Hall–Kier alpha value is -0.540.